The first-order valence-corrected chi connectivity index (χ1v) is 8.81. The molecule has 150 valence electrons. The molecule has 29 heavy (non-hydrogen) atoms. The van der Waals surface area contributed by atoms with Crippen LogP contribution >= 0.6 is 0 Å². The molecule has 0 radical (unpaired) electrons. The average molecular weight is 407 g/mol. The second-order valence-corrected chi connectivity index (χ2v) is 6.83. The van der Waals surface area contributed by atoms with E-state index in [-0.39, 0.29) is 11.4 Å². The Morgan fingerprint density at radius 3 is 2.31 bits per heavy atom. The summed E-state index contributed by atoms with van der Waals surface area (Å²) in [5, 5.41) is 9.24. The van der Waals surface area contributed by atoms with Crippen molar-refractivity contribution in [3.8, 4) is 11.1 Å². The average Bonchev–Trinajstić information content (AvgIpc) is 3.44. The molecule has 1 aromatic heterocycles. The number of carbonyl (C=O) groups excluding carboxylic acids is 1. The molecule has 0 spiro atoms. The molecule has 0 saturated heterocycles. The fourth-order valence-electron chi connectivity index (χ4n) is 3.03. The summed E-state index contributed by atoms with van der Waals surface area (Å²) in [6, 6.07) is 5.21. The van der Waals surface area contributed by atoms with Crippen LogP contribution in [-0.2, 0) is 11.2 Å². The van der Waals surface area contributed by atoms with Gasteiger partial charge >= 0.3 is 0 Å². The van der Waals surface area contributed by atoms with Gasteiger partial charge in [-0.3, -0.25) is 9.89 Å². The zero-order valence-corrected chi connectivity index (χ0v) is 14.8. The van der Waals surface area contributed by atoms with Gasteiger partial charge in [0.2, 0.25) is 5.91 Å². The van der Waals surface area contributed by atoms with Crippen LogP contribution in [0.1, 0.15) is 30.0 Å². The van der Waals surface area contributed by atoms with Crippen LogP contribution in [0.25, 0.3) is 11.1 Å². The van der Waals surface area contributed by atoms with Crippen LogP contribution in [0.4, 0.5) is 27.8 Å². The molecule has 2 aromatic carbocycles. The maximum Gasteiger partial charge on any atom is 0.230 e. The third-order valence-electron chi connectivity index (χ3n) is 4.72. The largest absolute Gasteiger partial charge is 0.309 e. The summed E-state index contributed by atoms with van der Waals surface area (Å²) >= 11 is 0. The minimum Gasteiger partial charge on any atom is -0.309 e. The van der Waals surface area contributed by atoms with Crippen LogP contribution in [0.5, 0.6) is 0 Å². The smallest absolute Gasteiger partial charge is 0.230 e. The van der Waals surface area contributed by atoms with Crippen LogP contribution < -0.4 is 5.32 Å². The Hall–Kier alpha value is -3.23. The molecule has 1 aliphatic carbocycles. The maximum absolute atomic E-state index is 14.4. The van der Waals surface area contributed by atoms with Gasteiger partial charge in [0.25, 0.3) is 0 Å². The van der Waals surface area contributed by atoms with Crippen molar-refractivity contribution < 1.29 is 26.7 Å². The Morgan fingerprint density at radius 1 is 0.966 bits per heavy atom. The quantitative estimate of drug-likeness (QED) is 0.470. The molecule has 1 aliphatic rings. The van der Waals surface area contributed by atoms with Gasteiger partial charge in [-0.05, 0) is 25.0 Å². The van der Waals surface area contributed by atoms with E-state index in [0.29, 0.717) is 12.0 Å². The highest BCUT2D eigenvalue weighted by atomic mass is 19.2. The number of nitrogens with one attached hydrogen (secondary N) is 2. The SMILES string of the molecule is O=C(Cc1ccc(-c2ccc(F)c(F)c2F)c(F)c1F)Nc1cc(C2CC2)[nH]n1. The third kappa shape index (κ3) is 3.72. The van der Waals surface area contributed by atoms with Gasteiger partial charge in [-0.25, -0.2) is 22.0 Å². The normalized spacial score (nSPS) is 13.6. The number of aromatic amines is 1. The van der Waals surface area contributed by atoms with E-state index in [2.05, 4.69) is 15.5 Å². The lowest BCUT2D eigenvalue weighted by molar-refractivity contribution is -0.115. The second-order valence-electron chi connectivity index (χ2n) is 6.83. The summed E-state index contributed by atoms with van der Waals surface area (Å²) in [7, 11) is 0. The number of rotatable bonds is 5. The minimum atomic E-state index is -1.78. The molecule has 4 rings (SSSR count). The van der Waals surface area contributed by atoms with Gasteiger partial charge in [-0.1, -0.05) is 12.1 Å². The predicted molar refractivity (Wildman–Crippen MR) is 94.6 cm³/mol. The molecule has 9 heteroatoms. The zero-order chi connectivity index (χ0) is 20.7. The van der Waals surface area contributed by atoms with Crippen LogP contribution in [0, 0.1) is 29.1 Å². The Morgan fingerprint density at radius 2 is 1.62 bits per heavy atom. The Labute approximate surface area is 161 Å². The number of H-pyrrole nitrogens is 1. The van der Waals surface area contributed by atoms with Crippen molar-refractivity contribution >= 4 is 11.7 Å². The van der Waals surface area contributed by atoms with Gasteiger partial charge in [-0.2, -0.15) is 5.10 Å². The van der Waals surface area contributed by atoms with E-state index in [1.54, 1.807) is 6.07 Å². The van der Waals surface area contributed by atoms with Crippen molar-refractivity contribution in [1.82, 2.24) is 10.2 Å². The number of halogens is 5. The van der Waals surface area contributed by atoms with Gasteiger partial charge < -0.3 is 5.32 Å². The summed E-state index contributed by atoms with van der Waals surface area (Å²) in [4.78, 5) is 12.1. The summed E-state index contributed by atoms with van der Waals surface area (Å²) in [6.45, 7) is 0. The Balaban J connectivity index is 1.53. The highest BCUT2D eigenvalue weighted by Crippen LogP contribution is 2.39. The van der Waals surface area contributed by atoms with Crippen molar-refractivity contribution in [2.24, 2.45) is 0 Å². The minimum absolute atomic E-state index is 0.273. The second kappa shape index (κ2) is 7.31. The lowest BCUT2D eigenvalue weighted by Gasteiger charge is -2.10. The number of hydrogen-bond donors (Lipinski definition) is 2. The van der Waals surface area contributed by atoms with Gasteiger partial charge in [0, 0.05) is 34.4 Å². The molecule has 0 aliphatic heterocycles. The van der Waals surface area contributed by atoms with Crippen molar-refractivity contribution in [3.05, 3.63) is 70.7 Å². The Bertz CT molecular complexity index is 1110. The van der Waals surface area contributed by atoms with Crippen molar-refractivity contribution in [2.75, 3.05) is 5.32 Å². The topological polar surface area (TPSA) is 57.8 Å². The summed E-state index contributed by atoms with van der Waals surface area (Å²) in [5.41, 5.74) is -0.579. The Kier molecular flexibility index (Phi) is 4.81. The number of aromatic nitrogens is 2. The molecular formula is C20H14F5N3O. The maximum atomic E-state index is 14.4. The number of amides is 1. The molecule has 1 amide bonds. The van der Waals surface area contributed by atoms with Crippen LogP contribution in [-0.4, -0.2) is 16.1 Å². The molecule has 3 aromatic rings. The lowest BCUT2D eigenvalue weighted by atomic mass is 10.0. The first kappa shape index (κ1) is 19.1. The predicted octanol–water partition coefficient (Wildman–Crippen LogP) is 4.83. The first-order chi connectivity index (χ1) is 13.8. The number of hydrogen-bond acceptors (Lipinski definition) is 2. The zero-order valence-electron chi connectivity index (χ0n) is 14.8. The van der Waals surface area contributed by atoms with Crippen LogP contribution in [0.2, 0.25) is 0 Å². The van der Waals surface area contributed by atoms with E-state index in [4.69, 9.17) is 0 Å². The van der Waals surface area contributed by atoms with E-state index in [0.717, 1.165) is 36.7 Å². The molecule has 0 atom stereocenters. The number of carbonyl (C=O) groups is 1. The fraction of sp³-hybridized carbons (Fsp3) is 0.200. The number of nitrogens with zero attached hydrogens (tertiary/aromatic N) is 1. The third-order valence-corrected chi connectivity index (χ3v) is 4.72. The van der Waals surface area contributed by atoms with E-state index in [1.165, 1.54) is 0 Å². The summed E-state index contributed by atoms with van der Waals surface area (Å²) < 4.78 is 69.2. The molecule has 1 heterocycles. The van der Waals surface area contributed by atoms with E-state index < -0.39 is 52.5 Å². The standard InChI is InChI=1S/C20H14F5N3O/c21-13-6-5-12(19(24)20(13)25)11-4-3-10(17(22)18(11)23)7-16(29)26-15-8-14(27-28-15)9-1-2-9/h3-6,8-9H,1-2,7H2,(H2,26,27,28,29). The van der Waals surface area contributed by atoms with E-state index in [9.17, 15) is 26.7 Å². The van der Waals surface area contributed by atoms with Crippen LogP contribution in [0.15, 0.2) is 30.3 Å². The van der Waals surface area contributed by atoms with Crippen molar-refractivity contribution in [1.29, 1.82) is 0 Å². The van der Waals surface area contributed by atoms with Gasteiger partial charge in [0.15, 0.2) is 34.9 Å². The number of benzene rings is 2. The van der Waals surface area contributed by atoms with Gasteiger partial charge in [0.1, 0.15) is 0 Å². The highest BCUT2D eigenvalue weighted by molar-refractivity contribution is 5.91. The molecule has 1 saturated carbocycles. The number of anilines is 1. The van der Waals surface area contributed by atoms with Gasteiger partial charge in [0.05, 0.1) is 6.42 Å². The monoisotopic (exact) mass is 407 g/mol. The highest BCUT2D eigenvalue weighted by Gasteiger charge is 2.26. The fourth-order valence-corrected chi connectivity index (χ4v) is 3.03. The van der Waals surface area contributed by atoms with E-state index in [1.807, 2.05) is 0 Å². The molecule has 4 nitrogen and oxygen atoms in total. The van der Waals surface area contributed by atoms with Crippen molar-refractivity contribution in [3.63, 3.8) is 0 Å². The van der Waals surface area contributed by atoms with Gasteiger partial charge in [-0.15, -0.1) is 0 Å². The summed E-state index contributed by atoms with van der Waals surface area (Å²) in [6.07, 6.45) is 1.60. The molecule has 2 N–H and O–H groups in total. The molecule has 1 fully saturated rings. The van der Waals surface area contributed by atoms with Crippen molar-refractivity contribution in [2.45, 2.75) is 25.2 Å². The van der Waals surface area contributed by atoms with E-state index >= 15 is 0 Å². The summed E-state index contributed by atoms with van der Waals surface area (Å²) in [5.74, 6) is -7.62. The lowest BCUT2D eigenvalue weighted by Crippen LogP contribution is -2.16. The molecular weight excluding hydrogens is 393 g/mol. The van der Waals surface area contributed by atoms with Crippen LogP contribution in [0.3, 0.4) is 0 Å². The molecule has 0 bridgehead atoms. The first-order valence-electron chi connectivity index (χ1n) is 8.81. The molecule has 0 unspecified atom stereocenters.